The number of anilines is 2. The molecule has 1 aromatic rings. The molecule has 1 aliphatic heterocycles. The van der Waals surface area contributed by atoms with Crippen LogP contribution in [0.25, 0.3) is 0 Å². The summed E-state index contributed by atoms with van der Waals surface area (Å²) in [4.78, 5) is 47.6. The number of benzene rings is 1. The average molecular weight is 290 g/mol. The summed E-state index contributed by atoms with van der Waals surface area (Å²) in [7, 11) is 1.22. The first-order valence-corrected chi connectivity index (χ1v) is 6.19. The van der Waals surface area contributed by atoms with Crippen molar-refractivity contribution in [3.63, 3.8) is 0 Å². The van der Waals surface area contributed by atoms with E-state index in [9.17, 15) is 19.2 Å². The molecule has 0 spiro atoms. The van der Waals surface area contributed by atoms with Gasteiger partial charge in [0.15, 0.2) is 0 Å². The van der Waals surface area contributed by atoms with E-state index in [-0.39, 0.29) is 18.9 Å². The molecule has 1 heterocycles. The minimum absolute atomic E-state index is 0.104. The highest BCUT2D eigenvalue weighted by Crippen LogP contribution is 2.13. The quantitative estimate of drug-likeness (QED) is 0.461. The Kier molecular flexibility index (Phi) is 3.88. The number of likely N-dealkylation sites (N-methyl/N-ethyl adjacent to an activating group) is 1. The number of hydrogen-bond acceptors (Lipinski definition) is 5. The van der Waals surface area contributed by atoms with Gasteiger partial charge in [0.1, 0.15) is 0 Å². The van der Waals surface area contributed by atoms with Crippen molar-refractivity contribution in [3.8, 4) is 0 Å². The summed E-state index contributed by atoms with van der Waals surface area (Å²) < 4.78 is 0. The first kappa shape index (κ1) is 14.5. The minimum Gasteiger partial charge on any atom is -0.399 e. The normalized spacial score (nSPS) is 14.8. The molecule has 0 aromatic heterocycles. The van der Waals surface area contributed by atoms with Crippen LogP contribution in [0, 0.1) is 0 Å². The Hall–Kier alpha value is -2.90. The fourth-order valence-electron chi connectivity index (χ4n) is 1.86. The number of amides is 5. The third-order valence-electron chi connectivity index (χ3n) is 2.98. The maximum absolute atomic E-state index is 11.8. The van der Waals surface area contributed by atoms with Gasteiger partial charge in [-0.05, 0) is 18.2 Å². The standard InChI is InChI=1S/C13H14N4O4/c1-16-11(19)12(20)17(13(16)21)6-5-10(18)15-9-4-2-3-8(14)7-9/h2-4,7H,5-6,14H2,1H3,(H,15,18). The second kappa shape index (κ2) is 5.61. The molecule has 3 N–H and O–H groups in total. The van der Waals surface area contributed by atoms with Crippen LogP contribution in [0.3, 0.4) is 0 Å². The highest BCUT2D eigenvalue weighted by atomic mass is 16.2. The fourth-order valence-corrected chi connectivity index (χ4v) is 1.86. The van der Waals surface area contributed by atoms with Crippen LogP contribution in [0.15, 0.2) is 24.3 Å². The second-order valence-electron chi connectivity index (χ2n) is 4.53. The molecule has 1 fully saturated rings. The van der Waals surface area contributed by atoms with E-state index >= 15 is 0 Å². The summed E-state index contributed by atoms with van der Waals surface area (Å²) in [6.07, 6.45) is -0.104. The molecule has 1 aliphatic rings. The smallest absolute Gasteiger partial charge is 0.333 e. The molecular formula is C13H14N4O4. The molecular weight excluding hydrogens is 276 g/mol. The van der Waals surface area contributed by atoms with E-state index in [1.165, 1.54) is 7.05 Å². The first-order valence-electron chi connectivity index (χ1n) is 6.19. The molecule has 21 heavy (non-hydrogen) atoms. The van der Waals surface area contributed by atoms with Crippen LogP contribution < -0.4 is 11.1 Å². The fraction of sp³-hybridized carbons (Fsp3) is 0.231. The molecule has 110 valence electrons. The van der Waals surface area contributed by atoms with E-state index in [0.29, 0.717) is 11.4 Å². The average Bonchev–Trinajstić information content (AvgIpc) is 2.61. The van der Waals surface area contributed by atoms with Crippen LogP contribution in [-0.4, -0.2) is 47.1 Å². The summed E-state index contributed by atoms with van der Waals surface area (Å²) in [5.41, 5.74) is 6.61. The van der Waals surface area contributed by atoms with Crippen LogP contribution in [0.5, 0.6) is 0 Å². The van der Waals surface area contributed by atoms with Gasteiger partial charge in [-0.15, -0.1) is 0 Å². The van der Waals surface area contributed by atoms with E-state index in [1.54, 1.807) is 24.3 Å². The monoisotopic (exact) mass is 290 g/mol. The molecule has 1 aromatic carbocycles. The third kappa shape index (κ3) is 2.99. The van der Waals surface area contributed by atoms with Gasteiger partial charge in [-0.2, -0.15) is 0 Å². The summed E-state index contributed by atoms with van der Waals surface area (Å²) in [5.74, 6) is -2.20. The zero-order chi connectivity index (χ0) is 15.6. The first-order chi connectivity index (χ1) is 9.90. The van der Waals surface area contributed by atoms with Crippen molar-refractivity contribution < 1.29 is 19.2 Å². The van der Waals surface area contributed by atoms with Gasteiger partial charge in [0.2, 0.25) is 5.91 Å². The zero-order valence-corrected chi connectivity index (χ0v) is 11.3. The van der Waals surface area contributed by atoms with Crippen LogP contribution in [0.4, 0.5) is 16.2 Å². The van der Waals surface area contributed by atoms with Crippen molar-refractivity contribution in [2.24, 2.45) is 0 Å². The van der Waals surface area contributed by atoms with Crippen molar-refractivity contribution in [1.29, 1.82) is 0 Å². The number of urea groups is 1. The molecule has 0 unspecified atom stereocenters. The van der Waals surface area contributed by atoms with Gasteiger partial charge in [0, 0.05) is 31.4 Å². The van der Waals surface area contributed by atoms with Crippen LogP contribution in [-0.2, 0) is 14.4 Å². The predicted octanol–water partition coefficient (Wildman–Crippen LogP) is 0.0180. The molecule has 0 radical (unpaired) electrons. The number of nitrogens with one attached hydrogen (secondary N) is 1. The molecule has 1 saturated heterocycles. The Morgan fingerprint density at radius 3 is 2.52 bits per heavy atom. The van der Waals surface area contributed by atoms with Crippen LogP contribution >= 0.6 is 0 Å². The molecule has 0 aliphatic carbocycles. The Labute approximate surface area is 120 Å². The lowest BCUT2D eigenvalue weighted by Gasteiger charge is -2.12. The molecule has 0 atom stereocenters. The van der Waals surface area contributed by atoms with E-state index < -0.39 is 17.8 Å². The van der Waals surface area contributed by atoms with E-state index in [4.69, 9.17) is 5.73 Å². The van der Waals surface area contributed by atoms with E-state index in [1.807, 2.05) is 0 Å². The van der Waals surface area contributed by atoms with Crippen LogP contribution in [0.1, 0.15) is 6.42 Å². The molecule has 5 amide bonds. The Bertz CT molecular complexity index is 628. The number of rotatable bonds is 4. The number of hydrogen-bond donors (Lipinski definition) is 2. The van der Waals surface area contributed by atoms with Crippen LogP contribution in [0.2, 0.25) is 0 Å². The third-order valence-corrected chi connectivity index (χ3v) is 2.98. The highest BCUT2D eigenvalue weighted by Gasteiger charge is 2.41. The van der Waals surface area contributed by atoms with Gasteiger partial charge < -0.3 is 11.1 Å². The van der Waals surface area contributed by atoms with Gasteiger partial charge in [-0.25, -0.2) is 4.79 Å². The van der Waals surface area contributed by atoms with Gasteiger partial charge >= 0.3 is 17.8 Å². The molecule has 8 heteroatoms. The molecule has 8 nitrogen and oxygen atoms in total. The lowest BCUT2D eigenvalue weighted by Crippen LogP contribution is -2.34. The van der Waals surface area contributed by atoms with E-state index in [2.05, 4.69) is 5.32 Å². The molecule has 0 bridgehead atoms. The van der Waals surface area contributed by atoms with Crippen molar-refractivity contribution >= 4 is 35.1 Å². The van der Waals surface area contributed by atoms with Crippen molar-refractivity contribution in [3.05, 3.63) is 24.3 Å². The summed E-state index contributed by atoms with van der Waals surface area (Å²) in [5, 5.41) is 2.59. The number of nitrogens with two attached hydrogens (primary N) is 1. The largest absolute Gasteiger partial charge is 0.399 e. The summed E-state index contributed by atoms with van der Waals surface area (Å²) in [6, 6.07) is 5.89. The zero-order valence-electron chi connectivity index (χ0n) is 11.3. The molecule has 2 rings (SSSR count). The SMILES string of the molecule is CN1C(=O)C(=O)N(CCC(=O)Nc2cccc(N)c2)C1=O. The lowest BCUT2D eigenvalue weighted by molar-refractivity contribution is -0.142. The number of nitrogens with zero attached hydrogens (tertiary/aromatic N) is 2. The Balaban J connectivity index is 1.91. The maximum atomic E-state index is 11.8. The van der Waals surface area contributed by atoms with Gasteiger partial charge in [-0.3, -0.25) is 24.2 Å². The minimum atomic E-state index is -0.917. The van der Waals surface area contributed by atoms with Crippen molar-refractivity contribution in [1.82, 2.24) is 9.80 Å². The van der Waals surface area contributed by atoms with Crippen molar-refractivity contribution in [2.45, 2.75) is 6.42 Å². The predicted molar refractivity (Wildman–Crippen MR) is 74.0 cm³/mol. The van der Waals surface area contributed by atoms with Gasteiger partial charge in [0.05, 0.1) is 0 Å². The van der Waals surface area contributed by atoms with E-state index in [0.717, 1.165) is 9.80 Å². The number of carbonyl (C=O) groups excluding carboxylic acids is 4. The Morgan fingerprint density at radius 2 is 1.95 bits per heavy atom. The lowest BCUT2D eigenvalue weighted by atomic mass is 10.2. The highest BCUT2D eigenvalue weighted by molar-refractivity contribution is 6.44. The molecule has 0 saturated carbocycles. The van der Waals surface area contributed by atoms with Gasteiger partial charge in [-0.1, -0.05) is 6.07 Å². The van der Waals surface area contributed by atoms with Crippen molar-refractivity contribution in [2.75, 3.05) is 24.6 Å². The topological polar surface area (TPSA) is 113 Å². The maximum Gasteiger partial charge on any atom is 0.333 e. The number of imide groups is 2. The Morgan fingerprint density at radius 1 is 1.24 bits per heavy atom. The van der Waals surface area contributed by atoms with Gasteiger partial charge in [0.25, 0.3) is 0 Å². The second-order valence-corrected chi connectivity index (χ2v) is 4.53. The summed E-state index contributed by atoms with van der Waals surface area (Å²) >= 11 is 0. The summed E-state index contributed by atoms with van der Waals surface area (Å²) in [6.45, 7) is -0.151. The number of nitrogen functional groups attached to an aromatic ring is 1. The number of carbonyl (C=O) groups is 4.